The lowest BCUT2D eigenvalue weighted by molar-refractivity contribution is 0.0671. The van der Waals surface area contributed by atoms with Gasteiger partial charge in [-0.1, -0.05) is 35.9 Å². The van der Waals surface area contributed by atoms with Crippen molar-refractivity contribution in [3.05, 3.63) is 70.8 Å². The zero-order chi connectivity index (χ0) is 17.1. The van der Waals surface area contributed by atoms with Gasteiger partial charge in [0.25, 0.3) is 5.91 Å². The van der Waals surface area contributed by atoms with Gasteiger partial charge >= 0.3 is 0 Å². The summed E-state index contributed by atoms with van der Waals surface area (Å²) in [4.78, 5) is 27.2. The number of likely N-dealkylation sites (tertiary alicyclic amines) is 1. The van der Waals surface area contributed by atoms with E-state index in [1.165, 1.54) is 0 Å². The Balaban J connectivity index is 1.84. The maximum atomic E-state index is 12.8. The van der Waals surface area contributed by atoms with Crippen LogP contribution in [0.25, 0.3) is 0 Å². The van der Waals surface area contributed by atoms with Crippen molar-refractivity contribution < 1.29 is 9.59 Å². The van der Waals surface area contributed by atoms with E-state index < -0.39 is 6.04 Å². The average molecular weight is 318 g/mol. The summed E-state index contributed by atoms with van der Waals surface area (Å²) in [6.45, 7) is 2.54. The van der Waals surface area contributed by atoms with E-state index in [0.717, 1.165) is 12.0 Å². The van der Waals surface area contributed by atoms with Crippen LogP contribution in [0.5, 0.6) is 0 Å². The topological polar surface area (TPSA) is 61.2 Å². The highest BCUT2D eigenvalue weighted by Gasteiger charge is 2.34. The van der Waals surface area contributed by atoms with Gasteiger partial charge in [0.2, 0.25) is 0 Å². The molecule has 1 fully saturated rings. The highest BCUT2D eigenvalue weighted by atomic mass is 16.2. The largest absolute Gasteiger partial charge is 0.328 e. The summed E-state index contributed by atoms with van der Waals surface area (Å²) in [5.74, 6) is -0.202. The van der Waals surface area contributed by atoms with Crippen molar-refractivity contribution in [3.8, 4) is 6.07 Å². The van der Waals surface area contributed by atoms with Gasteiger partial charge in [0.1, 0.15) is 0 Å². The molecule has 0 bridgehead atoms. The van der Waals surface area contributed by atoms with Crippen LogP contribution < -0.4 is 0 Å². The number of Topliss-reactive ketones (excluding diaryl/α,β-unsaturated/α-hetero) is 1. The molecule has 24 heavy (non-hydrogen) atoms. The minimum absolute atomic E-state index is 0.0164. The van der Waals surface area contributed by atoms with E-state index >= 15 is 0 Å². The second-order valence-corrected chi connectivity index (χ2v) is 6.08. The minimum atomic E-state index is -0.425. The third-order valence-electron chi connectivity index (χ3n) is 4.39. The number of benzene rings is 2. The Morgan fingerprint density at radius 2 is 1.88 bits per heavy atom. The van der Waals surface area contributed by atoms with Crippen molar-refractivity contribution >= 4 is 11.7 Å². The number of nitriles is 1. The van der Waals surface area contributed by atoms with E-state index in [1.807, 2.05) is 37.3 Å². The molecule has 4 nitrogen and oxygen atoms in total. The molecule has 1 unspecified atom stereocenters. The monoisotopic (exact) mass is 318 g/mol. The van der Waals surface area contributed by atoms with Crippen molar-refractivity contribution in [2.24, 2.45) is 0 Å². The van der Waals surface area contributed by atoms with Crippen LogP contribution >= 0.6 is 0 Å². The quantitative estimate of drug-likeness (QED) is 0.815. The summed E-state index contributed by atoms with van der Waals surface area (Å²) in [5.41, 5.74) is 2.63. The van der Waals surface area contributed by atoms with Gasteiger partial charge < -0.3 is 4.90 Å². The second kappa shape index (κ2) is 6.67. The molecule has 3 rings (SSSR count). The van der Waals surface area contributed by atoms with Crippen LogP contribution in [0.15, 0.2) is 48.5 Å². The standard InChI is InChI=1S/C20H18N2O2/c1-14-7-9-16(10-8-14)19(23)18-6-3-11-22(18)20(24)17-5-2-4-15(12-17)13-21/h2,4-5,7-10,12,18H,3,6,11H2,1H3. The van der Waals surface area contributed by atoms with E-state index in [0.29, 0.717) is 29.7 Å². The molecule has 1 aliphatic rings. The van der Waals surface area contributed by atoms with E-state index in [-0.39, 0.29) is 11.7 Å². The maximum absolute atomic E-state index is 12.8. The molecule has 0 saturated carbocycles. The molecule has 4 heteroatoms. The molecule has 2 aromatic carbocycles. The minimum Gasteiger partial charge on any atom is -0.328 e. The number of aryl methyl sites for hydroxylation is 1. The van der Waals surface area contributed by atoms with Crippen LogP contribution in [0.4, 0.5) is 0 Å². The molecule has 1 atom stereocenters. The van der Waals surface area contributed by atoms with Gasteiger partial charge in [0.05, 0.1) is 17.7 Å². The normalized spacial score (nSPS) is 16.7. The summed E-state index contributed by atoms with van der Waals surface area (Å²) in [7, 11) is 0. The molecular formula is C20H18N2O2. The average Bonchev–Trinajstić information content (AvgIpc) is 3.11. The van der Waals surface area contributed by atoms with Gasteiger partial charge in [-0.25, -0.2) is 0 Å². The first-order chi connectivity index (χ1) is 11.6. The lowest BCUT2D eigenvalue weighted by Crippen LogP contribution is -2.40. The van der Waals surface area contributed by atoms with Crippen molar-refractivity contribution in [1.29, 1.82) is 5.26 Å². The van der Waals surface area contributed by atoms with E-state index in [9.17, 15) is 9.59 Å². The fraction of sp³-hybridized carbons (Fsp3) is 0.250. The Hall–Kier alpha value is -2.93. The lowest BCUT2D eigenvalue weighted by Gasteiger charge is -2.24. The predicted molar refractivity (Wildman–Crippen MR) is 90.7 cm³/mol. The van der Waals surface area contributed by atoms with Gasteiger partial charge in [0, 0.05) is 17.7 Å². The van der Waals surface area contributed by atoms with E-state index in [4.69, 9.17) is 5.26 Å². The highest BCUT2D eigenvalue weighted by molar-refractivity contribution is 6.04. The first kappa shape index (κ1) is 15.9. The zero-order valence-electron chi connectivity index (χ0n) is 13.5. The molecular weight excluding hydrogens is 300 g/mol. The van der Waals surface area contributed by atoms with Crippen LogP contribution in [0, 0.1) is 18.3 Å². The summed E-state index contributed by atoms with van der Waals surface area (Å²) in [6.07, 6.45) is 1.49. The maximum Gasteiger partial charge on any atom is 0.254 e. The predicted octanol–water partition coefficient (Wildman–Crippen LogP) is 3.35. The first-order valence-electron chi connectivity index (χ1n) is 8.02. The Kier molecular flexibility index (Phi) is 4.43. The molecule has 0 aliphatic carbocycles. The fourth-order valence-electron chi connectivity index (χ4n) is 3.08. The SMILES string of the molecule is Cc1ccc(C(=O)C2CCCN2C(=O)c2cccc(C#N)c2)cc1. The Bertz CT molecular complexity index is 818. The lowest BCUT2D eigenvalue weighted by atomic mass is 10.0. The molecule has 1 aliphatic heterocycles. The number of hydrogen-bond acceptors (Lipinski definition) is 3. The van der Waals surface area contributed by atoms with E-state index in [2.05, 4.69) is 0 Å². The molecule has 1 amide bonds. The zero-order valence-corrected chi connectivity index (χ0v) is 13.5. The van der Waals surface area contributed by atoms with Crippen LogP contribution in [0.2, 0.25) is 0 Å². The number of amides is 1. The molecule has 0 radical (unpaired) electrons. The third kappa shape index (κ3) is 3.07. The van der Waals surface area contributed by atoms with Gasteiger partial charge in [-0.2, -0.15) is 5.26 Å². The van der Waals surface area contributed by atoms with Gasteiger partial charge in [0.15, 0.2) is 5.78 Å². The number of nitrogens with zero attached hydrogens (tertiary/aromatic N) is 2. The van der Waals surface area contributed by atoms with Crippen LogP contribution in [-0.4, -0.2) is 29.2 Å². The van der Waals surface area contributed by atoms with Gasteiger partial charge in [-0.05, 0) is 38.0 Å². The van der Waals surface area contributed by atoms with E-state index in [1.54, 1.807) is 29.2 Å². The second-order valence-electron chi connectivity index (χ2n) is 6.08. The highest BCUT2D eigenvalue weighted by Crippen LogP contribution is 2.24. The third-order valence-corrected chi connectivity index (χ3v) is 4.39. The van der Waals surface area contributed by atoms with Crippen molar-refractivity contribution in [1.82, 2.24) is 4.90 Å². The summed E-state index contributed by atoms with van der Waals surface area (Å²) < 4.78 is 0. The Morgan fingerprint density at radius 1 is 1.12 bits per heavy atom. The van der Waals surface area contributed by atoms with Crippen LogP contribution in [0.3, 0.4) is 0 Å². The number of rotatable bonds is 3. The Morgan fingerprint density at radius 3 is 2.58 bits per heavy atom. The molecule has 0 spiro atoms. The number of carbonyl (C=O) groups is 2. The molecule has 0 aromatic heterocycles. The summed E-state index contributed by atoms with van der Waals surface area (Å²) >= 11 is 0. The van der Waals surface area contributed by atoms with Crippen molar-refractivity contribution in [2.75, 3.05) is 6.54 Å². The fourth-order valence-corrected chi connectivity index (χ4v) is 3.08. The number of hydrogen-bond donors (Lipinski definition) is 0. The molecule has 1 heterocycles. The van der Waals surface area contributed by atoms with Crippen molar-refractivity contribution in [2.45, 2.75) is 25.8 Å². The smallest absolute Gasteiger partial charge is 0.254 e. The van der Waals surface area contributed by atoms with Gasteiger partial charge in [-0.15, -0.1) is 0 Å². The van der Waals surface area contributed by atoms with Crippen LogP contribution in [-0.2, 0) is 0 Å². The first-order valence-corrected chi connectivity index (χ1v) is 8.02. The number of ketones is 1. The summed E-state index contributed by atoms with van der Waals surface area (Å²) in [5, 5.41) is 8.99. The van der Waals surface area contributed by atoms with Gasteiger partial charge in [-0.3, -0.25) is 9.59 Å². The molecule has 0 N–H and O–H groups in total. The van der Waals surface area contributed by atoms with Crippen LogP contribution in [0.1, 0.15) is 44.7 Å². The summed E-state index contributed by atoms with van der Waals surface area (Å²) in [6, 6.07) is 15.7. The molecule has 2 aromatic rings. The van der Waals surface area contributed by atoms with Crippen molar-refractivity contribution in [3.63, 3.8) is 0 Å². The molecule has 120 valence electrons. The molecule has 1 saturated heterocycles. The Labute approximate surface area is 141 Å². The number of carbonyl (C=O) groups excluding carboxylic acids is 2.